The van der Waals surface area contributed by atoms with E-state index in [1.807, 2.05) is 0 Å². The van der Waals surface area contributed by atoms with Gasteiger partial charge in [-0.2, -0.15) is 0 Å². The molecule has 0 aliphatic carbocycles. The van der Waals surface area contributed by atoms with Gasteiger partial charge in [0.25, 0.3) is 0 Å². The molecule has 2 aromatic rings. The number of aromatic amines is 2. The fourth-order valence-corrected chi connectivity index (χ4v) is 1.02. The summed E-state index contributed by atoms with van der Waals surface area (Å²) in [6, 6.07) is 3.44. The quantitative estimate of drug-likeness (QED) is 0.775. The Balaban J connectivity index is 0.000000140. The molecule has 14 heavy (non-hydrogen) atoms. The first-order chi connectivity index (χ1) is 6.70. The summed E-state index contributed by atoms with van der Waals surface area (Å²) < 4.78 is 0.842. The normalized spacial score (nSPS) is 9.00. The molecule has 6 heteroatoms. The molecule has 2 N–H and O–H groups in total. The van der Waals surface area contributed by atoms with Gasteiger partial charge in [0.15, 0.2) is 0 Å². The molecule has 0 bridgehead atoms. The summed E-state index contributed by atoms with van der Waals surface area (Å²) in [5, 5.41) is 0.722. The lowest BCUT2D eigenvalue weighted by atomic mass is 10.7. The molecule has 2 heterocycles. The second-order valence-electron chi connectivity index (χ2n) is 2.23. The number of nitrogens with one attached hydrogen (secondary N) is 2. The van der Waals surface area contributed by atoms with E-state index in [1.165, 1.54) is 12.4 Å². The van der Waals surface area contributed by atoms with Gasteiger partial charge in [-0.25, -0.2) is 9.78 Å². The summed E-state index contributed by atoms with van der Waals surface area (Å²) in [6.07, 6.45) is 4.75. The Morgan fingerprint density at radius 2 is 2.14 bits per heavy atom. The molecule has 0 spiro atoms. The van der Waals surface area contributed by atoms with Crippen LogP contribution in [0.5, 0.6) is 0 Å². The van der Waals surface area contributed by atoms with Crippen LogP contribution in [0.15, 0.2) is 40.1 Å². The smallest absolute Gasteiger partial charge is 0.344 e. The number of H-pyrrole nitrogens is 2. The maximum atomic E-state index is 10.1. The van der Waals surface area contributed by atoms with Gasteiger partial charge < -0.3 is 9.97 Å². The lowest BCUT2D eigenvalue weighted by molar-refractivity contribution is 1.08. The Labute approximate surface area is 93.5 Å². The van der Waals surface area contributed by atoms with E-state index in [1.54, 1.807) is 18.3 Å². The van der Waals surface area contributed by atoms with Crippen molar-refractivity contribution < 1.29 is 0 Å². The molecular weight excluding hydrogens is 269 g/mol. The van der Waals surface area contributed by atoms with Gasteiger partial charge in [-0.05, 0) is 28.1 Å². The predicted molar refractivity (Wildman–Crippen MR) is 58.4 cm³/mol. The topological polar surface area (TPSA) is 61.5 Å². The Bertz CT molecular complexity index is 406. The van der Waals surface area contributed by atoms with Crippen molar-refractivity contribution in [2.45, 2.75) is 0 Å². The highest BCUT2D eigenvalue weighted by atomic mass is 79.9. The maximum absolute atomic E-state index is 10.1. The minimum absolute atomic E-state index is 0.303. The highest BCUT2D eigenvalue weighted by molar-refractivity contribution is 9.10. The lowest BCUT2D eigenvalue weighted by Gasteiger charge is -1.76. The van der Waals surface area contributed by atoms with Crippen molar-refractivity contribution in [3.05, 3.63) is 50.8 Å². The fraction of sp³-hybridized carbons (Fsp3) is 0. The van der Waals surface area contributed by atoms with Crippen molar-refractivity contribution in [2.24, 2.45) is 0 Å². The number of aromatic nitrogens is 3. The molecule has 0 unspecified atom stereocenters. The second kappa shape index (κ2) is 5.62. The largest absolute Gasteiger partial charge is 0.355 e. The van der Waals surface area contributed by atoms with E-state index in [9.17, 15) is 4.79 Å². The molecule has 0 fully saturated rings. The van der Waals surface area contributed by atoms with Gasteiger partial charge in [-0.15, -0.1) is 0 Å². The molecular formula is C8H7BrClN3O. The van der Waals surface area contributed by atoms with Crippen molar-refractivity contribution in [2.75, 3.05) is 0 Å². The van der Waals surface area contributed by atoms with Crippen LogP contribution in [0.3, 0.4) is 0 Å². The molecule has 0 radical (unpaired) electrons. The first-order valence-electron chi connectivity index (χ1n) is 3.68. The Kier molecular flexibility index (Phi) is 4.42. The first kappa shape index (κ1) is 11.0. The summed E-state index contributed by atoms with van der Waals surface area (Å²) in [6.45, 7) is 0. The lowest BCUT2D eigenvalue weighted by Crippen LogP contribution is -2.05. The van der Waals surface area contributed by atoms with E-state index < -0.39 is 0 Å². The van der Waals surface area contributed by atoms with Crippen molar-refractivity contribution in [1.82, 2.24) is 15.0 Å². The summed E-state index contributed by atoms with van der Waals surface area (Å²) >= 11 is 8.72. The summed E-state index contributed by atoms with van der Waals surface area (Å²) in [5.74, 6) is 0. The Morgan fingerprint density at radius 1 is 1.36 bits per heavy atom. The van der Waals surface area contributed by atoms with Gasteiger partial charge in [0, 0.05) is 18.6 Å². The molecule has 0 saturated carbocycles. The number of hydrogen-bond acceptors (Lipinski definition) is 2. The molecule has 4 nitrogen and oxygen atoms in total. The number of halogens is 2. The van der Waals surface area contributed by atoms with Crippen molar-refractivity contribution >= 4 is 27.5 Å². The van der Waals surface area contributed by atoms with Gasteiger partial charge in [-0.1, -0.05) is 11.6 Å². The van der Waals surface area contributed by atoms with Crippen LogP contribution in [-0.4, -0.2) is 15.0 Å². The molecule has 0 aliphatic rings. The Morgan fingerprint density at radius 3 is 2.36 bits per heavy atom. The van der Waals surface area contributed by atoms with Gasteiger partial charge in [0.05, 0.1) is 5.02 Å². The highest BCUT2D eigenvalue weighted by Gasteiger charge is 1.90. The predicted octanol–water partition coefficient (Wildman–Crippen LogP) is 2.20. The molecule has 2 rings (SSSR count). The van der Waals surface area contributed by atoms with E-state index in [0.717, 1.165) is 9.63 Å². The zero-order valence-corrected chi connectivity index (χ0v) is 9.34. The van der Waals surface area contributed by atoms with Gasteiger partial charge in [-0.3, -0.25) is 0 Å². The third-order valence-corrected chi connectivity index (χ3v) is 2.43. The number of nitrogens with zero attached hydrogens (tertiary/aromatic N) is 1. The average molecular weight is 277 g/mol. The van der Waals surface area contributed by atoms with E-state index >= 15 is 0 Å². The summed E-state index contributed by atoms with van der Waals surface area (Å²) in [5.41, 5.74) is -0.303. The van der Waals surface area contributed by atoms with E-state index in [-0.39, 0.29) is 5.69 Å². The molecule has 2 aromatic heterocycles. The minimum atomic E-state index is -0.303. The standard InChI is InChI=1S/C4H3BrClN.C4H4N2O/c5-4-3(6)1-2-7-4;7-4-5-2-1-3-6-4/h1-2,7H;1-3H,(H,5,6,7). The number of rotatable bonds is 0. The monoisotopic (exact) mass is 275 g/mol. The van der Waals surface area contributed by atoms with Crippen LogP contribution in [0.1, 0.15) is 0 Å². The number of hydrogen-bond donors (Lipinski definition) is 2. The van der Waals surface area contributed by atoms with Gasteiger partial charge >= 0.3 is 5.69 Å². The first-order valence-corrected chi connectivity index (χ1v) is 4.85. The average Bonchev–Trinajstić information content (AvgIpc) is 2.53. The van der Waals surface area contributed by atoms with Crippen molar-refractivity contribution in [3.8, 4) is 0 Å². The fourth-order valence-electron chi connectivity index (χ4n) is 0.641. The van der Waals surface area contributed by atoms with Crippen molar-refractivity contribution in [1.29, 1.82) is 0 Å². The van der Waals surface area contributed by atoms with E-state index in [0.29, 0.717) is 0 Å². The Hall–Kier alpha value is -1.07. The molecule has 0 atom stereocenters. The summed E-state index contributed by atoms with van der Waals surface area (Å²) in [4.78, 5) is 18.7. The van der Waals surface area contributed by atoms with Crippen LogP contribution < -0.4 is 5.69 Å². The third-order valence-electron chi connectivity index (χ3n) is 1.23. The van der Waals surface area contributed by atoms with Crippen molar-refractivity contribution in [3.63, 3.8) is 0 Å². The molecule has 0 aromatic carbocycles. The van der Waals surface area contributed by atoms with Crippen LogP contribution in [0, 0.1) is 0 Å². The minimum Gasteiger partial charge on any atom is -0.355 e. The zero-order chi connectivity index (χ0) is 10.4. The second-order valence-corrected chi connectivity index (χ2v) is 3.43. The van der Waals surface area contributed by atoms with Crippen LogP contribution >= 0.6 is 27.5 Å². The van der Waals surface area contributed by atoms with Gasteiger partial charge in [0.1, 0.15) is 4.60 Å². The van der Waals surface area contributed by atoms with E-state index in [4.69, 9.17) is 11.6 Å². The maximum Gasteiger partial charge on any atom is 0.344 e. The van der Waals surface area contributed by atoms with Crippen LogP contribution in [-0.2, 0) is 0 Å². The van der Waals surface area contributed by atoms with Crippen LogP contribution in [0.2, 0.25) is 5.02 Å². The zero-order valence-electron chi connectivity index (χ0n) is 7.00. The molecule has 74 valence electrons. The highest BCUT2D eigenvalue weighted by Crippen LogP contribution is 2.18. The van der Waals surface area contributed by atoms with Gasteiger partial charge in [0.2, 0.25) is 0 Å². The molecule has 0 aliphatic heterocycles. The van der Waals surface area contributed by atoms with Crippen LogP contribution in [0.4, 0.5) is 0 Å². The molecule has 0 saturated heterocycles. The third kappa shape index (κ3) is 3.76. The summed E-state index contributed by atoms with van der Waals surface area (Å²) in [7, 11) is 0. The van der Waals surface area contributed by atoms with Crippen LogP contribution in [0.25, 0.3) is 0 Å². The molecule has 0 amide bonds. The van der Waals surface area contributed by atoms with E-state index in [2.05, 4.69) is 30.9 Å². The SMILES string of the molecule is Clc1cc[nH]c1Br.O=c1nccc[nH]1.